The molecule has 2 aliphatic rings. The van der Waals surface area contributed by atoms with Gasteiger partial charge in [0, 0.05) is 38.0 Å². The molecule has 1 aliphatic carbocycles. The summed E-state index contributed by atoms with van der Waals surface area (Å²) in [6.07, 6.45) is -13.5. The van der Waals surface area contributed by atoms with E-state index in [0.29, 0.717) is 12.5 Å². The minimum Gasteiger partial charge on any atom is -0.665 e. The average molecular weight is 727 g/mol. The molecular formula is C29H20ClF8NO5SSc-2. The maximum Gasteiger partial charge on any atom is 0.435 e. The van der Waals surface area contributed by atoms with Gasteiger partial charge >= 0.3 is 18.0 Å². The number of benzene rings is 3. The predicted molar refractivity (Wildman–Crippen MR) is 143 cm³/mol. The van der Waals surface area contributed by atoms with Gasteiger partial charge in [-0.3, -0.25) is 4.79 Å². The van der Waals surface area contributed by atoms with Gasteiger partial charge < -0.3 is 14.8 Å². The monoisotopic (exact) mass is 726 g/mol. The number of amides is 1. The van der Waals surface area contributed by atoms with Crippen LogP contribution in [0.4, 0.5) is 35.1 Å². The standard InChI is InChI=1S/C28H19ClF8NO3S.CHO2.Sc/c29-19-3-1-2-17(15-19)24(39)38-13-12-25(42(40,41)21-8-6-20(30)7-9-21)22-10-5-18(14-16(22)4-11-23(25)38)26(31,27(32,33)34)28(35,36)37;2-1-3;/h1-2,5-10,14-15,23H,4,11-13H2;(H,2,3);/q2*-1;/t23-,25-;;/m1../s1. The van der Waals surface area contributed by atoms with Gasteiger partial charge in [0.1, 0.15) is 10.6 Å². The van der Waals surface area contributed by atoms with Crippen LogP contribution in [0.25, 0.3) is 0 Å². The molecule has 3 aromatic rings. The maximum absolute atomic E-state index is 14.9. The van der Waals surface area contributed by atoms with E-state index in [1.54, 1.807) is 0 Å². The Morgan fingerprint density at radius 1 is 1.00 bits per heavy atom. The van der Waals surface area contributed by atoms with Gasteiger partial charge in [-0.2, -0.15) is 44.5 Å². The Hall–Kier alpha value is -2.85. The van der Waals surface area contributed by atoms with E-state index in [-0.39, 0.29) is 84.3 Å². The summed E-state index contributed by atoms with van der Waals surface area (Å²) >= 11 is 5.96. The van der Waals surface area contributed by atoms with Crippen LogP contribution in [-0.2, 0) is 57.3 Å². The maximum atomic E-state index is 14.9. The van der Waals surface area contributed by atoms with Gasteiger partial charge in [0.25, 0.3) is 0 Å². The van der Waals surface area contributed by atoms with Gasteiger partial charge in [-0.1, -0.05) is 35.3 Å². The Bertz CT molecular complexity index is 1710. The van der Waals surface area contributed by atoms with E-state index in [1.165, 1.54) is 23.1 Å². The molecule has 1 amide bonds. The summed E-state index contributed by atoms with van der Waals surface area (Å²) in [5.74, 6) is -1.36. The predicted octanol–water partition coefficient (Wildman–Crippen LogP) is 6.71. The van der Waals surface area contributed by atoms with Crippen LogP contribution >= 0.6 is 11.6 Å². The Labute approximate surface area is 281 Å². The molecule has 0 aromatic heterocycles. The topological polar surface area (TPSA) is 91.8 Å². The van der Waals surface area contributed by atoms with E-state index in [9.17, 15) is 48.3 Å². The van der Waals surface area contributed by atoms with Crippen molar-refractivity contribution in [3.05, 3.63) is 99.8 Å². The zero-order valence-corrected chi connectivity index (χ0v) is 26.5. The largest absolute Gasteiger partial charge is 0.665 e. The summed E-state index contributed by atoms with van der Waals surface area (Å²) in [5.41, 5.74) is -7.75. The molecule has 1 N–H and O–H groups in total. The van der Waals surface area contributed by atoms with Crippen molar-refractivity contribution in [2.75, 3.05) is 6.54 Å². The number of aryl methyl sites for hydroxylation is 1. The third-order valence-corrected chi connectivity index (χ3v) is 10.7. The van der Waals surface area contributed by atoms with Crippen LogP contribution in [0.15, 0.2) is 65.6 Å². The first-order chi connectivity index (χ1) is 20.9. The fraction of sp³-hybridized carbons (Fsp3) is 0.310. The molecule has 1 aliphatic heterocycles. The molecule has 5 rings (SSSR count). The number of hydrogen-bond donors (Lipinski definition) is 1. The molecule has 3 aromatic carbocycles. The Morgan fingerprint density at radius 3 is 2.13 bits per heavy atom. The number of fused-ring (bicyclic) bond motifs is 3. The number of halogens is 9. The van der Waals surface area contributed by atoms with Crippen molar-refractivity contribution in [2.45, 2.75) is 53.0 Å². The molecule has 245 valence electrons. The normalized spacial score (nSPS) is 19.6. The first-order valence-electron chi connectivity index (χ1n) is 12.8. The first-order valence-corrected chi connectivity index (χ1v) is 14.7. The van der Waals surface area contributed by atoms with Gasteiger partial charge in [-0.05, 0) is 54.7 Å². The summed E-state index contributed by atoms with van der Waals surface area (Å²) in [6.45, 7) is 0.347. The van der Waals surface area contributed by atoms with Crippen LogP contribution in [0.5, 0.6) is 0 Å². The molecule has 1 radical (unpaired) electrons. The number of hydrogen-bond acceptors (Lipinski definition) is 4. The number of sulfone groups is 1. The van der Waals surface area contributed by atoms with Crippen LogP contribution in [0, 0.1) is 11.9 Å². The summed E-state index contributed by atoms with van der Waals surface area (Å²) in [6, 6.07) is 10.8. The average Bonchev–Trinajstić information content (AvgIpc) is 3.37. The van der Waals surface area contributed by atoms with Crippen molar-refractivity contribution in [2.24, 2.45) is 0 Å². The molecular weight excluding hydrogens is 707 g/mol. The van der Waals surface area contributed by atoms with Crippen molar-refractivity contribution < 1.29 is 84.1 Å². The van der Waals surface area contributed by atoms with E-state index in [2.05, 4.69) is 6.07 Å². The Kier molecular flexibility index (Phi) is 10.9. The second-order valence-electron chi connectivity index (χ2n) is 10.2. The molecule has 0 saturated carbocycles. The SMILES string of the molecule is O=C(c1cc[c-]c(Cl)c1)N1CC[C@@]2(S(=O)(=O)c3ccc(F)cc3)c3ccc(C(F)(C(F)(F)F)C(F)(F)F)cc3CC[C@@H]12.O=[C-]O.[Sc]. The van der Waals surface area contributed by atoms with E-state index in [1.807, 2.05) is 0 Å². The molecule has 0 spiro atoms. The van der Waals surface area contributed by atoms with Crippen molar-refractivity contribution in [3.8, 4) is 0 Å². The number of carbonyl (C=O) groups is 1. The molecule has 6 nitrogen and oxygen atoms in total. The summed E-state index contributed by atoms with van der Waals surface area (Å²) in [4.78, 5) is 22.7. The quantitative estimate of drug-likeness (QED) is 0.184. The molecule has 0 bridgehead atoms. The Balaban J connectivity index is 0.00000139. The van der Waals surface area contributed by atoms with E-state index in [0.717, 1.165) is 30.3 Å². The van der Waals surface area contributed by atoms with Gasteiger partial charge in [0.2, 0.25) is 5.91 Å². The van der Waals surface area contributed by atoms with Crippen LogP contribution in [0.1, 0.15) is 39.9 Å². The van der Waals surface area contributed by atoms with Gasteiger partial charge in [0.05, 0.1) is 10.9 Å². The molecule has 1 fully saturated rings. The minimum absolute atomic E-state index is 0. The number of nitrogens with zero attached hydrogens (tertiary/aromatic N) is 1. The number of carbonyl (C=O) groups excluding carboxylic acids is 1. The smallest absolute Gasteiger partial charge is 0.435 e. The van der Waals surface area contributed by atoms with Crippen molar-refractivity contribution in [1.82, 2.24) is 4.90 Å². The van der Waals surface area contributed by atoms with Crippen molar-refractivity contribution >= 4 is 33.8 Å². The fourth-order valence-electron chi connectivity index (χ4n) is 6.03. The van der Waals surface area contributed by atoms with Crippen LogP contribution in [-0.4, -0.2) is 55.7 Å². The molecule has 2 atom stereocenters. The van der Waals surface area contributed by atoms with Crippen LogP contribution in [0.2, 0.25) is 5.02 Å². The molecule has 0 unspecified atom stereocenters. The van der Waals surface area contributed by atoms with E-state index >= 15 is 0 Å². The second kappa shape index (κ2) is 13.3. The van der Waals surface area contributed by atoms with Gasteiger partial charge in [0.15, 0.2) is 9.84 Å². The number of aliphatic hydroxyl groups excluding tert-OH is 1. The third-order valence-electron chi connectivity index (χ3n) is 7.94. The Morgan fingerprint density at radius 2 is 1.59 bits per heavy atom. The second-order valence-corrected chi connectivity index (χ2v) is 12.8. The molecule has 46 heavy (non-hydrogen) atoms. The number of alkyl halides is 7. The zero-order chi connectivity index (χ0) is 33.6. The molecule has 17 heteroatoms. The minimum atomic E-state index is -6.36. The summed E-state index contributed by atoms with van der Waals surface area (Å²) in [5, 5.41) is 6.87. The van der Waals surface area contributed by atoms with Crippen LogP contribution in [0.3, 0.4) is 0 Å². The number of likely N-dealkylation sites (tertiary alicyclic amines) is 1. The van der Waals surface area contributed by atoms with E-state index < -0.39 is 55.9 Å². The van der Waals surface area contributed by atoms with Crippen LogP contribution < -0.4 is 0 Å². The molecule has 1 saturated heterocycles. The first kappa shape index (κ1) is 37.6. The van der Waals surface area contributed by atoms with Crippen molar-refractivity contribution in [1.29, 1.82) is 0 Å². The molecule has 1 heterocycles. The van der Waals surface area contributed by atoms with Gasteiger partial charge in [-0.15, -0.1) is 17.7 Å². The van der Waals surface area contributed by atoms with Gasteiger partial charge in [-0.25, -0.2) is 17.2 Å². The fourth-order valence-corrected chi connectivity index (χ4v) is 8.58. The van der Waals surface area contributed by atoms with Crippen molar-refractivity contribution in [3.63, 3.8) is 0 Å². The summed E-state index contributed by atoms with van der Waals surface area (Å²) < 4.78 is 136. The zero-order valence-electron chi connectivity index (χ0n) is 23.1. The van der Waals surface area contributed by atoms with E-state index in [4.69, 9.17) is 21.5 Å². The third kappa shape index (κ3) is 6.12. The summed E-state index contributed by atoms with van der Waals surface area (Å²) in [7, 11) is -4.58. The number of rotatable bonds is 4.